The molecule has 0 amide bonds. The Kier molecular flexibility index (Phi) is 5.95. The number of nitrogens with one attached hydrogen (secondary N) is 1. The molecule has 27 heavy (non-hydrogen) atoms. The molecule has 1 aliphatic rings. The number of hydrogen-bond acceptors (Lipinski definition) is 5. The number of aliphatic imine (C=N–C) groups is 1. The summed E-state index contributed by atoms with van der Waals surface area (Å²) in [5.41, 5.74) is 1.12. The van der Waals surface area contributed by atoms with Crippen LogP contribution in [0, 0.1) is 6.92 Å². The largest absolute Gasteiger partial charge is 0.486 e. The molecular formula is C19H26N6O2. The van der Waals surface area contributed by atoms with E-state index in [2.05, 4.69) is 27.0 Å². The standard InChI is InChI=1S/C19H26N6O2/c1-5-8-20-19(21-12-18-23-22-14(2)25(18)4)24(3)13-15-6-7-16-17(11-15)27-10-9-26-16/h5-7,11H,1,8-10,12-13H2,2-4H3,(H,20,21). The van der Waals surface area contributed by atoms with Gasteiger partial charge in [-0.1, -0.05) is 12.1 Å². The van der Waals surface area contributed by atoms with Gasteiger partial charge < -0.3 is 24.3 Å². The molecule has 0 bridgehead atoms. The van der Waals surface area contributed by atoms with E-state index in [1.165, 1.54) is 0 Å². The van der Waals surface area contributed by atoms with Crippen molar-refractivity contribution in [2.24, 2.45) is 12.0 Å². The van der Waals surface area contributed by atoms with Crippen LogP contribution in [-0.2, 0) is 20.1 Å². The topological polar surface area (TPSA) is 76.8 Å². The first kappa shape index (κ1) is 18.8. The lowest BCUT2D eigenvalue weighted by Gasteiger charge is -2.24. The lowest BCUT2D eigenvalue weighted by Crippen LogP contribution is -2.38. The Labute approximate surface area is 159 Å². The number of ether oxygens (including phenoxy) is 2. The number of guanidine groups is 1. The molecule has 0 atom stereocenters. The van der Waals surface area contributed by atoms with Crippen molar-refractivity contribution in [2.45, 2.75) is 20.0 Å². The molecule has 0 saturated heterocycles. The van der Waals surface area contributed by atoms with Gasteiger partial charge in [0.1, 0.15) is 25.6 Å². The molecule has 0 saturated carbocycles. The van der Waals surface area contributed by atoms with Gasteiger partial charge in [-0.05, 0) is 24.6 Å². The number of nitrogens with zero attached hydrogens (tertiary/aromatic N) is 5. The SMILES string of the molecule is C=CCNC(=NCc1nnc(C)n1C)N(C)Cc1ccc2c(c1)OCCO2. The van der Waals surface area contributed by atoms with E-state index in [4.69, 9.17) is 14.5 Å². The molecule has 1 aromatic carbocycles. The van der Waals surface area contributed by atoms with E-state index in [0.717, 1.165) is 34.7 Å². The smallest absolute Gasteiger partial charge is 0.194 e. The lowest BCUT2D eigenvalue weighted by molar-refractivity contribution is 0.171. The Bertz CT molecular complexity index is 830. The lowest BCUT2D eigenvalue weighted by atomic mass is 10.2. The number of fused-ring (bicyclic) bond motifs is 1. The zero-order valence-corrected chi connectivity index (χ0v) is 16.1. The zero-order chi connectivity index (χ0) is 19.2. The summed E-state index contributed by atoms with van der Waals surface area (Å²) in [6, 6.07) is 6.01. The van der Waals surface area contributed by atoms with Crippen LogP contribution in [0.3, 0.4) is 0 Å². The summed E-state index contributed by atoms with van der Waals surface area (Å²) in [5, 5.41) is 11.5. The van der Waals surface area contributed by atoms with Crippen molar-refractivity contribution in [1.82, 2.24) is 25.0 Å². The van der Waals surface area contributed by atoms with Crippen molar-refractivity contribution in [2.75, 3.05) is 26.8 Å². The van der Waals surface area contributed by atoms with E-state index in [-0.39, 0.29) is 0 Å². The molecule has 8 nitrogen and oxygen atoms in total. The summed E-state index contributed by atoms with van der Waals surface area (Å²) in [5.74, 6) is 4.04. The first-order valence-electron chi connectivity index (χ1n) is 8.92. The van der Waals surface area contributed by atoms with Crippen molar-refractivity contribution in [1.29, 1.82) is 0 Å². The summed E-state index contributed by atoms with van der Waals surface area (Å²) in [6.07, 6.45) is 1.81. The molecule has 0 spiro atoms. The molecule has 2 heterocycles. The second kappa shape index (κ2) is 8.57. The summed E-state index contributed by atoms with van der Waals surface area (Å²) in [6.45, 7) is 8.61. The second-order valence-electron chi connectivity index (χ2n) is 6.37. The number of rotatable bonds is 6. The Morgan fingerprint density at radius 3 is 2.81 bits per heavy atom. The third kappa shape index (κ3) is 4.58. The zero-order valence-electron chi connectivity index (χ0n) is 16.1. The molecular weight excluding hydrogens is 344 g/mol. The highest BCUT2D eigenvalue weighted by Gasteiger charge is 2.14. The second-order valence-corrected chi connectivity index (χ2v) is 6.37. The molecule has 3 rings (SSSR count). The Morgan fingerprint density at radius 2 is 2.11 bits per heavy atom. The first-order chi connectivity index (χ1) is 13.1. The van der Waals surface area contributed by atoms with Crippen molar-refractivity contribution in [3.8, 4) is 11.5 Å². The number of aromatic nitrogens is 3. The Hall–Kier alpha value is -3.03. The van der Waals surface area contributed by atoms with Gasteiger partial charge in [-0.15, -0.1) is 16.8 Å². The first-order valence-corrected chi connectivity index (χ1v) is 8.92. The summed E-state index contributed by atoms with van der Waals surface area (Å²) in [4.78, 5) is 6.75. The van der Waals surface area contributed by atoms with E-state index in [0.29, 0.717) is 32.8 Å². The average molecular weight is 370 g/mol. The van der Waals surface area contributed by atoms with Crippen LogP contribution in [-0.4, -0.2) is 52.4 Å². The number of benzene rings is 1. The van der Waals surface area contributed by atoms with Gasteiger partial charge in [0, 0.05) is 27.2 Å². The van der Waals surface area contributed by atoms with Crippen LogP contribution in [0.1, 0.15) is 17.2 Å². The third-order valence-electron chi connectivity index (χ3n) is 4.35. The fourth-order valence-electron chi connectivity index (χ4n) is 2.74. The van der Waals surface area contributed by atoms with Gasteiger partial charge in [0.2, 0.25) is 0 Å². The normalized spacial score (nSPS) is 13.4. The van der Waals surface area contributed by atoms with Crippen LogP contribution in [0.5, 0.6) is 11.5 Å². The molecule has 1 aliphatic heterocycles. The van der Waals surface area contributed by atoms with Crippen LogP contribution >= 0.6 is 0 Å². The minimum absolute atomic E-state index is 0.447. The van der Waals surface area contributed by atoms with Gasteiger partial charge in [-0.2, -0.15) is 0 Å². The minimum Gasteiger partial charge on any atom is -0.486 e. The third-order valence-corrected chi connectivity index (χ3v) is 4.35. The maximum Gasteiger partial charge on any atom is 0.194 e. The fraction of sp³-hybridized carbons (Fsp3) is 0.421. The van der Waals surface area contributed by atoms with Crippen LogP contribution < -0.4 is 14.8 Å². The van der Waals surface area contributed by atoms with Crippen molar-refractivity contribution in [3.63, 3.8) is 0 Å². The van der Waals surface area contributed by atoms with E-state index in [9.17, 15) is 0 Å². The Morgan fingerprint density at radius 1 is 1.33 bits per heavy atom. The van der Waals surface area contributed by atoms with Crippen molar-refractivity contribution < 1.29 is 9.47 Å². The van der Waals surface area contributed by atoms with Crippen molar-refractivity contribution in [3.05, 3.63) is 48.1 Å². The maximum absolute atomic E-state index is 5.67. The monoisotopic (exact) mass is 370 g/mol. The molecule has 0 fully saturated rings. The van der Waals surface area contributed by atoms with Gasteiger partial charge in [0.05, 0.1) is 0 Å². The highest BCUT2D eigenvalue weighted by Crippen LogP contribution is 2.31. The highest BCUT2D eigenvalue weighted by molar-refractivity contribution is 5.79. The van der Waals surface area contributed by atoms with E-state index < -0.39 is 0 Å². The average Bonchev–Trinajstić information content (AvgIpc) is 3.00. The summed E-state index contributed by atoms with van der Waals surface area (Å²) >= 11 is 0. The number of aryl methyl sites for hydroxylation is 1. The van der Waals surface area contributed by atoms with Crippen molar-refractivity contribution >= 4 is 5.96 Å². The van der Waals surface area contributed by atoms with E-state index in [1.807, 2.05) is 43.8 Å². The van der Waals surface area contributed by atoms with Gasteiger partial charge in [-0.3, -0.25) is 0 Å². The maximum atomic E-state index is 5.67. The fourth-order valence-corrected chi connectivity index (χ4v) is 2.74. The highest BCUT2D eigenvalue weighted by atomic mass is 16.6. The molecule has 8 heteroatoms. The molecule has 0 radical (unpaired) electrons. The molecule has 0 unspecified atom stereocenters. The van der Waals surface area contributed by atoms with Gasteiger partial charge >= 0.3 is 0 Å². The number of hydrogen-bond donors (Lipinski definition) is 1. The van der Waals surface area contributed by atoms with E-state index >= 15 is 0 Å². The molecule has 1 aromatic heterocycles. The predicted molar refractivity (Wildman–Crippen MR) is 104 cm³/mol. The summed E-state index contributed by atoms with van der Waals surface area (Å²) < 4.78 is 13.2. The predicted octanol–water partition coefficient (Wildman–Crippen LogP) is 1.66. The Balaban J connectivity index is 1.72. The van der Waals surface area contributed by atoms with Crippen LogP contribution in [0.15, 0.2) is 35.8 Å². The van der Waals surface area contributed by atoms with Crippen LogP contribution in [0.4, 0.5) is 0 Å². The molecule has 2 aromatic rings. The quantitative estimate of drug-likeness (QED) is 0.473. The summed E-state index contributed by atoms with van der Waals surface area (Å²) in [7, 11) is 3.93. The molecule has 1 N–H and O–H groups in total. The van der Waals surface area contributed by atoms with E-state index in [1.54, 1.807) is 6.08 Å². The van der Waals surface area contributed by atoms with Gasteiger partial charge in [0.15, 0.2) is 23.3 Å². The van der Waals surface area contributed by atoms with Crippen LogP contribution in [0.2, 0.25) is 0 Å². The molecule has 0 aliphatic carbocycles. The van der Waals surface area contributed by atoms with Gasteiger partial charge in [-0.25, -0.2) is 4.99 Å². The van der Waals surface area contributed by atoms with Gasteiger partial charge in [0.25, 0.3) is 0 Å². The van der Waals surface area contributed by atoms with Crippen LogP contribution in [0.25, 0.3) is 0 Å². The molecule has 144 valence electrons. The minimum atomic E-state index is 0.447.